The van der Waals surface area contributed by atoms with E-state index in [0.29, 0.717) is 38.0 Å². The number of hydrogen-bond donors (Lipinski definition) is 3. The Bertz CT molecular complexity index is 959. The van der Waals surface area contributed by atoms with Gasteiger partial charge in [-0.1, -0.05) is 0 Å². The second-order valence-corrected chi connectivity index (χ2v) is 9.17. The number of fused-ring (bicyclic) bond motifs is 1. The van der Waals surface area contributed by atoms with Crippen LogP contribution < -0.4 is 0 Å². The lowest BCUT2D eigenvalue weighted by Crippen LogP contribution is -2.42. The topological polar surface area (TPSA) is 152 Å². The average molecular weight is 577 g/mol. The van der Waals surface area contributed by atoms with Crippen LogP contribution in [0.1, 0.15) is 23.2 Å². The molecular formula is C22H29F6N3O8. The average Bonchev–Trinajstić information content (AvgIpc) is 3.42. The number of aliphatic carboxylic acids is 3. The van der Waals surface area contributed by atoms with Gasteiger partial charge in [0.1, 0.15) is 6.26 Å². The van der Waals surface area contributed by atoms with E-state index in [4.69, 9.17) is 24.2 Å². The Kier molecular flexibility index (Phi) is 11.8. The molecule has 0 aromatic carbocycles. The van der Waals surface area contributed by atoms with Crippen molar-refractivity contribution in [3.63, 3.8) is 0 Å². The molecule has 11 nitrogen and oxygen atoms in total. The zero-order valence-electron chi connectivity index (χ0n) is 21.0. The normalized spacial score (nSPS) is 21.6. The van der Waals surface area contributed by atoms with E-state index in [1.54, 1.807) is 11.0 Å². The molecule has 0 saturated carbocycles. The minimum Gasteiger partial charge on any atom is -0.481 e. The van der Waals surface area contributed by atoms with Crippen LogP contribution in [-0.4, -0.2) is 120 Å². The third-order valence-electron chi connectivity index (χ3n) is 6.09. The Morgan fingerprint density at radius 1 is 1.03 bits per heavy atom. The highest BCUT2D eigenvalue weighted by Gasteiger charge is 2.53. The van der Waals surface area contributed by atoms with E-state index in [1.807, 2.05) is 14.1 Å². The number of rotatable bonds is 5. The predicted octanol–water partition coefficient (Wildman–Crippen LogP) is 2.35. The quantitative estimate of drug-likeness (QED) is 0.445. The van der Waals surface area contributed by atoms with Gasteiger partial charge in [0.05, 0.1) is 17.2 Å². The van der Waals surface area contributed by atoms with Gasteiger partial charge in [0.25, 0.3) is 5.91 Å². The number of furan rings is 1. The molecule has 2 aliphatic rings. The maximum atomic E-state index is 12.7. The molecule has 2 atom stereocenters. The lowest BCUT2D eigenvalue weighted by atomic mass is 9.75. The van der Waals surface area contributed by atoms with Crippen LogP contribution >= 0.6 is 0 Å². The molecule has 0 bridgehead atoms. The molecule has 2 aliphatic heterocycles. The number of likely N-dealkylation sites (tertiary alicyclic amines) is 2. The predicted molar refractivity (Wildman–Crippen MR) is 120 cm³/mol. The van der Waals surface area contributed by atoms with E-state index < -0.39 is 35.7 Å². The summed E-state index contributed by atoms with van der Waals surface area (Å²) < 4.78 is 68.5. The van der Waals surface area contributed by atoms with Gasteiger partial charge in [-0.15, -0.1) is 0 Å². The van der Waals surface area contributed by atoms with E-state index >= 15 is 0 Å². The first kappa shape index (κ1) is 33.7. The molecule has 0 unspecified atom stereocenters. The zero-order valence-corrected chi connectivity index (χ0v) is 21.0. The Morgan fingerprint density at radius 3 is 1.97 bits per heavy atom. The number of amides is 1. The van der Waals surface area contributed by atoms with Gasteiger partial charge in [0.15, 0.2) is 0 Å². The van der Waals surface area contributed by atoms with Crippen molar-refractivity contribution in [2.75, 3.05) is 53.4 Å². The fraction of sp³-hybridized carbons (Fsp3) is 0.636. The summed E-state index contributed by atoms with van der Waals surface area (Å²) in [6.45, 7) is 4.17. The molecule has 2 saturated heterocycles. The number of nitrogens with zero attached hydrogens (tertiary/aromatic N) is 3. The molecule has 3 rings (SSSR count). The fourth-order valence-electron chi connectivity index (χ4n) is 4.15. The van der Waals surface area contributed by atoms with Gasteiger partial charge in [-0.05, 0) is 33.0 Å². The van der Waals surface area contributed by atoms with Crippen molar-refractivity contribution in [3.05, 3.63) is 24.2 Å². The van der Waals surface area contributed by atoms with Gasteiger partial charge in [0, 0.05) is 45.2 Å². The summed E-state index contributed by atoms with van der Waals surface area (Å²) in [4.78, 5) is 48.8. The second kappa shape index (κ2) is 13.6. The molecule has 17 heteroatoms. The van der Waals surface area contributed by atoms with E-state index in [9.17, 15) is 41.0 Å². The highest BCUT2D eigenvalue weighted by Crippen LogP contribution is 2.43. The summed E-state index contributed by atoms with van der Waals surface area (Å²) in [6.07, 6.45) is -5.88. The number of alkyl halides is 6. The largest absolute Gasteiger partial charge is 0.490 e. The molecule has 39 heavy (non-hydrogen) atoms. The zero-order chi connectivity index (χ0) is 30.2. The van der Waals surface area contributed by atoms with Crippen molar-refractivity contribution in [1.82, 2.24) is 14.7 Å². The van der Waals surface area contributed by atoms with Crippen LogP contribution in [-0.2, 0) is 14.4 Å². The first-order valence-electron chi connectivity index (χ1n) is 11.3. The van der Waals surface area contributed by atoms with Crippen LogP contribution in [0, 0.1) is 11.3 Å². The Hall–Kier alpha value is -3.34. The molecule has 0 aliphatic carbocycles. The van der Waals surface area contributed by atoms with Crippen molar-refractivity contribution < 1.29 is 65.3 Å². The Labute approximate surface area is 218 Å². The molecule has 222 valence electrons. The molecular weight excluding hydrogens is 548 g/mol. The van der Waals surface area contributed by atoms with E-state index in [0.717, 1.165) is 19.6 Å². The molecule has 2 fully saturated rings. The molecule has 1 aromatic rings. The summed E-state index contributed by atoms with van der Waals surface area (Å²) in [7, 11) is 4.04. The summed E-state index contributed by atoms with van der Waals surface area (Å²) in [5.74, 6) is -6.34. The van der Waals surface area contributed by atoms with Crippen molar-refractivity contribution in [2.45, 2.75) is 25.2 Å². The summed E-state index contributed by atoms with van der Waals surface area (Å²) in [5, 5.41) is 24.2. The van der Waals surface area contributed by atoms with Crippen LogP contribution in [0.4, 0.5) is 26.3 Å². The number of carboxylic acids is 3. The standard InChI is InChI=1S/C18H27N3O4.2C2HF3O2/c1-19(2)7-8-20-10-15-11-21(16(22)14-4-9-25-12-14)6-3-5-18(15,13-20)17(23)24;2*3-2(4,5)1(6)7/h4,9,12,15H,3,5-8,10-11,13H2,1-2H3,(H,23,24);2*(H,6,7)/t15-,18+;;/m1../s1. The Morgan fingerprint density at radius 2 is 1.56 bits per heavy atom. The van der Waals surface area contributed by atoms with Crippen molar-refractivity contribution in [1.29, 1.82) is 0 Å². The van der Waals surface area contributed by atoms with Gasteiger partial charge in [-0.3, -0.25) is 9.59 Å². The maximum absolute atomic E-state index is 12.7. The van der Waals surface area contributed by atoms with E-state index in [1.165, 1.54) is 12.5 Å². The monoisotopic (exact) mass is 577 g/mol. The van der Waals surface area contributed by atoms with E-state index in [-0.39, 0.29) is 11.8 Å². The molecule has 0 spiro atoms. The fourth-order valence-corrected chi connectivity index (χ4v) is 4.15. The van der Waals surface area contributed by atoms with Crippen molar-refractivity contribution >= 4 is 23.8 Å². The van der Waals surface area contributed by atoms with Crippen LogP contribution in [0.5, 0.6) is 0 Å². The lowest BCUT2D eigenvalue weighted by Gasteiger charge is -2.29. The van der Waals surface area contributed by atoms with Crippen LogP contribution in [0.2, 0.25) is 0 Å². The van der Waals surface area contributed by atoms with Crippen molar-refractivity contribution in [3.8, 4) is 0 Å². The highest BCUT2D eigenvalue weighted by atomic mass is 19.4. The lowest BCUT2D eigenvalue weighted by molar-refractivity contribution is -0.193. The molecule has 3 N–H and O–H groups in total. The number of carboxylic acid groups (broad SMARTS) is 3. The number of likely N-dealkylation sites (N-methyl/N-ethyl adjacent to an activating group) is 1. The molecule has 3 heterocycles. The molecule has 1 aromatic heterocycles. The third-order valence-corrected chi connectivity index (χ3v) is 6.09. The van der Waals surface area contributed by atoms with Gasteiger partial charge in [0.2, 0.25) is 0 Å². The first-order chi connectivity index (χ1) is 17.8. The SMILES string of the molecule is CN(C)CCN1C[C@@H]2CN(C(=O)c3ccoc3)CCC[C@]2(C(=O)O)C1.O=C(O)C(F)(F)F.O=C(O)C(F)(F)F. The molecule has 1 amide bonds. The van der Waals surface area contributed by atoms with Crippen LogP contribution in [0.25, 0.3) is 0 Å². The maximum Gasteiger partial charge on any atom is 0.490 e. The first-order valence-corrected chi connectivity index (χ1v) is 11.3. The molecule has 0 radical (unpaired) electrons. The summed E-state index contributed by atoms with van der Waals surface area (Å²) in [6, 6.07) is 1.66. The smallest absolute Gasteiger partial charge is 0.481 e. The number of hydrogen-bond acceptors (Lipinski definition) is 7. The van der Waals surface area contributed by atoms with Gasteiger partial charge in [-0.25, -0.2) is 9.59 Å². The number of halogens is 6. The minimum atomic E-state index is -5.08. The van der Waals surface area contributed by atoms with Gasteiger partial charge >= 0.3 is 30.3 Å². The van der Waals surface area contributed by atoms with Crippen molar-refractivity contribution in [2.24, 2.45) is 11.3 Å². The minimum absolute atomic E-state index is 0.0366. The van der Waals surface area contributed by atoms with Crippen LogP contribution in [0.15, 0.2) is 23.0 Å². The van der Waals surface area contributed by atoms with E-state index in [2.05, 4.69) is 9.80 Å². The van der Waals surface area contributed by atoms with Gasteiger partial charge < -0.3 is 34.4 Å². The Balaban J connectivity index is 0.000000449. The number of carbonyl (C=O) groups excluding carboxylic acids is 1. The van der Waals surface area contributed by atoms with Crippen LogP contribution in [0.3, 0.4) is 0 Å². The second-order valence-electron chi connectivity index (χ2n) is 9.17. The highest BCUT2D eigenvalue weighted by molar-refractivity contribution is 5.94. The third kappa shape index (κ3) is 10.0. The summed E-state index contributed by atoms with van der Waals surface area (Å²) >= 11 is 0. The van der Waals surface area contributed by atoms with Gasteiger partial charge in [-0.2, -0.15) is 26.3 Å². The summed E-state index contributed by atoms with van der Waals surface area (Å²) in [5.41, 5.74) is -0.206. The number of carbonyl (C=O) groups is 4.